The Balaban J connectivity index is 3.47. The Morgan fingerprint density at radius 2 is 2.06 bits per heavy atom. The second kappa shape index (κ2) is 5.65. The highest BCUT2D eigenvalue weighted by molar-refractivity contribution is 9.10. The van der Waals surface area contributed by atoms with Crippen LogP contribution in [0, 0.1) is 5.82 Å². The maximum atomic E-state index is 13.9. The van der Waals surface area contributed by atoms with E-state index in [9.17, 15) is 12.8 Å². The van der Waals surface area contributed by atoms with E-state index in [1.54, 1.807) is 6.92 Å². The molecular formula is C10H12BrClFNO2S. The van der Waals surface area contributed by atoms with E-state index >= 15 is 0 Å². The van der Waals surface area contributed by atoms with Crippen molar-refractivity contribution >= 4 is 37.6 Å². The Morgan fingerprint density at radius 3 is 2.53 bits per heavy atom. The molecule has 0 radical (unpaired) electrons. The summed E-state index contributed by atoms with van der Waals surface area (Å²) >= 11 is 8.71. The molecule has 96 valence electrons. The predicted octanol–water partition coefficient (Wildman–Crippen LogP) is 2.97. The van der Waals surface area contributed by atoms with Crippen LogP contribution in [-0.4, -0.2) is 26.3 Å². The van der Waals surface area contributed by atoms with Crippen LogP contribution in [0.5, 0.6) is 0 Å². The molecule has 0 heterocycles. The lowest BCUT2D eigenvalue weighted by atomic mass is 10.2. The minimum Gasteiger partial charge on any atom is -0.207 e. The van der Waals surface area contributed by atoms with Gasteiger partial charge in [-0.25, -0.2) is 17.1 Å². The first-order chi connectivity index (χ1) is 7.84. The number of halogens is 3. The third-order valence-electron chi connectivity index (χ3n) is 2.36. The molecule has 3 nitrogen and oxygen atoms in total. The first kappa shape index (κ1) is 14.9. The van der Waals surface area contributed by atoms with E-state index in [0.29, 0.717) is 4.47 Å². The van der Waals surface area contributed by atoms with Crippen molar-refractivity contribution in [3.8, 4) is 0 Å². The van der Waals surface area contributed by atoms with Gasteiger partial charge in [-0.2, -0.15) is 0 Å². The van der Waals surface area contributed by atoms with Crippen LogP contribution in [-0.2, 0) is 15.9 Å². The van der Waals surface area contributed by atoms with E-state index in [0.717, 1.165) is 4.31 Å². The molecule has 0 atom stereocenters. The van der Waals surface area contributed by atoms with Crippen molar-refractivity contribution in [2.45, 2.75) is 17.7 Å². The minimum atomic E-state index is -3.81. The van der Waals surface area contributed by atoms with Crippen LogP contribution in [0.15, 0.2) is 21.5 Å². The monoisotopic (exact) mass is 343 g/mol. The standard InChI is InChI=1S/C10H12BrClFNO2S/c1-3-14(2)17(15,16)9-5-8(11)4-7(6-12)10(9)13/h4-5H,3,6H2,1-2H3. The molecule has 0 aliphatic heterocycles. The number of hydrogen-bond acceptors (Lipinski definition) is 2. The molecule has 0 unspecified atom stereocenters. The van der Waals surface area contributed by atoms with Gasteiger partial charge in [0.25, 0.3) is 0 Å². The van der Waals surface area contributed by atoms with E-state index in [1.165, 1.54) is 19.2 Å². The average molecular weight is 345 g/mol. The van der Waals surface area contributed by atoms with Crippen molar-refractivity contribution < 1.29 is 12.8 Å². The summed E-state index contributed by atoms with van der Waals surface area (Å²) in [6.45, 7) is 1.94. The summed E-state index contributed by atoms with van der Waals surface area (Å²) in [4.78, 5) is -0.355. The highest BCUT2D eigenvalue weighted by Gasteiger charge is 2.25. The van der Waals surface area contributed by atoms with Crippen molar-refractivity contribution in [1.82, 2.24) is 4.31 Å². The largest absolute Gasteiger partial charge is 0.245 e. The molecule has 17 heavy (non-hydrogen) atoms. The number of hydrogen-bond donors (Lipinski definition) is 0. The number of rotatable bonds is 4. The van der Waals surface area contributed by atoms with Crippen LogP contribution >= 0.6 is 27.5 Å². The summed E-state index contributed by atoms with van der Waals surface area (Å²) in [5.74, 6) is -0.868. The Hall–Kier alpha value is -0.170. The zero-order valence-corrected chi connectivity index (χ0v) is 12.5. The molecule has 1 rings (SSSR count). The summed E-state index contributed by atoms with van der Waals surface area (Å²) in [5, 5.41) is 0. The SMILES string of the molecule is CCN(C)S(=O)(=O)c1cc(Br)cc(CCl)c1F. The molecule has 0 bridgehead atoms. The third-order valence-corrected chi connectivity index (χ3v) is 5.03. The van der Waals surface area contributed by atoms with Crippen LogP contribution in [0.4, 0.5) is 4.39 Å². The van der Waals surface area contributed by atoms with Crippen LogP contribution in [0.25, 0.3) is 0 Å². The summed E-state index contributed by atoms with van der Waals surface area (Å²) in [7, 11) is -2.41. The molecule has 0 N–H and O–H groups in total. The Labute approximate surface area is 114 Å². The highest BCUT2D eigenvalue weighted by Crippen LogP contribution is 2.26. The lowest BCUT2D eigenvalue weighted by Gasteiger charge is -2.16. The van der Waals surface area contributed by atoms with Crippen molar-refractivity contribution in [3.63, 3.8) is 0 Å². The highest BCUT2D eigenvalue weighted by atomic mass is 79.9. The molecule has 0 spiro atoms. The van der Waals surface area contributed by atoms with Crippen molar-refractivity contribution in [2.24, 2.45) is 0 Å². The minimum absolute atomic E-state index is 0.0797. The van der Waals surface area contributed by atoms with Crippen LogP contribution in [0.2, 0.25) is 0 Å². The molecule has 0 saturated heterocycles. The molecule has 0 amide bonds. The van der Waals surface area contributed by atoms with Gasteiger partial charge in [-0.15, -0.1) is 11.6 Å². The van der Waals surface area contributed by atoms with Crippen LogP contribution in [0.1, 0.15) is 12.5 Å². The maximum Gasteiger partial charge on any atom is 0.245 e. The molecule has 7 heteroatoms. The normalized spacial score (nSPS) is 12.1. The molecule has 1 aromatic rings. The number of benzene rings is 1. The summed E-state index contributed by atoms with van der Waals surface area (Å²) in [6, 6.07) is 2.71. The van der Waals surface area contributed by atoms with E-state index in [-0.39, 0.29) is 22.9 Å². The van der Waals surface area contributed by atoms with Gasteiger partial charge < -0.3 is 0 Å². The molecule has 1 aromatic carbocycles. The Morgan fingerprint density at radius 1 is 1.47 bits per heavy atom. The topological polar surface area (TPSA) is 37.4 Å². The van der Waals surface area contributed by atoms with E-state index in [2.05, 4.69) is 15.9 Å². The Bertz CT molecular complexity index is 521. The van der Waals surface area contributed by atoms with Gasteiger partial charge in [-0.05, 0) is 12.1 Å². The number of nitrogens with zero attached hydrogens (tertiary/aromatic N) is 1. The molecule has 0 aliphatic rings. The summed E-state index contributed by atoms with van der Waals surface area (Å²) < 4.78 is 39.6. The lowest BCUT2D eigenvalue weighted by Crippen LogP contribution is -2.27. The Kier molecular flexibility index (Phi) is 4.95. The zero-order chi connectivity index (χ0) is 13.2. The predicted molar refractivity (Wildman–Crippen MR) is 69.1 cm³/mol. The van der Waals surface area contributed by atoms with Gasteiger partial charge in [0.15, 0.2) is 0 Å². The lowest BCUT2D eigenvalue weighted by molar-refractivity contribution is 0.477. The van der Waals surface area contributed by atoms with Crippen LogP contribution in [0.3, 0.4) is 0 Å². The molecule has 0 aliphatic carbocycles. The summed E-state index contributed by atoms with van der Waals surface area (Å²) in [6.07, 6.45) is 0. The molecular weight excluding hydrogens is 333 g/mol. The van der Waals surface area contributed by atoms with E-state index < -0.39 is 15.8 Å². The van der Waals surface area contributed by atoms with Crippen molar-refractivity contribution in [1.29, 1.82) is 0 Å². The van der Waals surface area contributed by atoms with E-state index in [4.69, 9.17) is 11.6 Å². The van der Waals surface area contributed by atoms with Gasteiger partial charge in [0.05, 0.1) is 5.88 Å². The van der Waals surface area contributed by atoms with E-state index in [1.807, 2.05) is 0 Å². The van der Waals surface area contributed by atoms with Crippen LogP contribution < -0.4 is 0 Å². The van der Waals surface area contributed by atoms with Gasteiger partial charge in [-0.3, -0.25) is 0 Å². The fraction of sp³-hybridized carbons (Fsp3) is 0.400. The third kappa shape index (κ3) is 2.99. The molecule has 0 saturated carbocycles. The molecule has 0 aromatic heterocycles. The molecule has 0 fully saturated rings. The first-order valence-corrected chi connectivity index (χ1v) is 7.61. The van der Waals surface area contributed by atoms with Gasteiger partial charge in [0.1, 0.15) is 10.7 Å². The first-order valence-electron chi connectivity index (χ1n) is 4.84. The van der Waals surface area contributed by atoms with Gasteiger partial charge >= 0.3 is 0 Å². The fourth-order valence-electron chi connectivity index (χ4n) is 1.24. The maximum absolute atomic E-state index is 13.9. The smallest absolute Gasteiger partial charge is 0.207 e. The van der Waals surface area contributed by atoms with Gasteiger partial charge in [-0.1, -0.05) is 22.9 Å². The number of alkyl halides is 1. The second-order valence-corrected chi connectivity index (χ2v) is 6.63. The zero-order valence-electron chi connectivity index (χ0n) is 9.37. The number of sulfonamides is 1. The van der Waals surface area contributed by atoms with Gasteiger partial charge in [0.2, 0.25) is 10.0 Å². The summed E-state index contributed by atoms with van der Waals surface area (Å²) in [5.41, 5.74) is 0.157. The quantitative estimate of drug-likeness (QED) is 0.788. The van der Waals surface area contributed by atoms with Crippen molar-refractivity contribution in [2.75, 3.05) is 13.6 Å². The van der Waals surface area contributed by atoms with Crippen molar-refractivity contribution in [3.05, 3.63) is 28.0 Å². The fourth-order valence-corrected chi connectivity index (χ4v) is 3.40. The second-order valence-electron chi connectivity index (χ2n) is 3.43. The average Bonchev–Trinajstić information content (AvgIpc) is 2.30. The van der Waals surface area contributed by atoms with Gasteiger partial charge in [0, 0.05) is 23.6 Å².